The highest BCUT2D eigenvalue weighted by Crippen LogP contribution is 2.33. The number of nitrogens with zero attached hydrogens (tertiary/aromatic N) is 4. The second-order valence-electron chi connectivity index (χ2n) is 6.32. The van der Waals surface area contributed by atoms with Crippen LogP contribution in [-0.4, -0.2) is 19.3 Å². The minimum Gasteiger partial charge on any atom is -0.383 e. The quantitative estimate of drug-likeness (QED) is 0.937. The number of hydrogen-bond acceptors (Lipinski definition) is 3. The molecule has 2 rings (SSSR count). The number of hydrogen-bond donors (Lipinski definition) is 1. The summed E-state index contributed by atoms with van der Waals surface area (Å²) in [6.07, 6.45) is 3.97. The van der Waals surface area contributed by atoms with Gasteiger partial charge in [0.2, 0.25) is 0 Å². The summed E-state index contributed by atoms with van der Waals surface area (Å²) in [7, 11) is 1.92. The van der Waals surface area contributed by atoms with Crippen LogP contribution in [0.4, 0.5) is 5.82 Å². The predicted molar refractivity (Wildman–Crippen MR) is 82.6 cm³/mol. The molecule has 0 atom stereocenters. The maximum Gasteiger partial charge on any atom is 0.132 e. The first-order chi connectivity index (χ1) is 9.25. The molecular weight excluding hydrogens is 250 g/mol. The van der Waals surface area contributed by atoms with Gasteiger partial charge >= 0.3 is 0 Å². The van der Waals surface area contributed by atoms with E-state index in [9.17, 15) is 0 Å². The zero-order valence-electron chi connectivity index (χ0n) is 13.4. The van der Waals surface area contributed by atoms with Crippen LogP contribution >= 0.6 is 0 Å². The van der Waals surface area contributed by atoms with Crippen LogP contribution in [0.1, 0.15) is 45.6 Å². The molecule has 0 fully saturated rings. The lowest BCUT2D eigenvalue weighted by Crippen LogP contribution is -2.25. The van der Waals surface area contributed by atoms with Crippen molar-refractivity contribution in [2.45, 2.75) is 53.0 Å². The first-order valence-electron chi connectivity index (χ1n) is 7.14. The Bertz CT molecular complexity index is 613. The number of aryl methyl sites for hydroxylation is 3. The molecule has 0 saturated heterocycles. The van der Waals surface area contributed by atoms with Crippen LogP contribution in [0.25, 0.3) is 11.3 Å². The van der Waals surface area contributed by atoms with Crippen molar-refractivity contribution in [1.82, 2.24) is 19.3 Å². The lowest BCUT2D eigenvalue weighted by molar-refractivity contribution is 0.387. The van der Waals surface area contributed by atoms with E-state index in [4.69, 9.17) is 10.7 Å². The SMILES string of the molecule is CCCc1nc(-c2cn(C)nc2C)c(N)n1C(C)(C)C. The summed E-state index contributed by atoms with van der Waals surface area (Å²) in [5.74, 6) is 1.79. The van der Waals surface area contributed by atoms with Gasteiger partial charge in [0, 0.05) is 30.8 Å². The second-order valence-corrected chi connectivity index (χ2v) is 6.32. The smallest absolute Gasteiger partial charge is 0.132 e. The van der Waals surface area contributed by atoms with Crippen molar-refractivity contribution in [3.05, 3.63) is 17.7 Å². The summed E-state index contributed by atoms with van der Waals surface area (Å²) in [4.78, 5) is 4.79. The van der Waals surface area contributed by atoms with E-state index in [-0.39, 0.29) is 5.54 Å². The van der Waals surface area contributed by atoms with E-state index in [1.165, 1.54) is 0 Å². The number of nitrogens with two attached hydrogens (primary N) is 1. The van der Waals surface area contributed by atoms with Crippen LogP contribution in [0.5, 0.6) is 0 Å². The van der Waals surface area contributed by atoms with Crippen molar-refractivity contribution in [2.24, 2.45) is 7.05 Å². The highest BCUT2D eigenvalue weighted by Gasteiger charge is 2.25. The topological polar surface area (TPSA) is 61.7 Å². The molecule has 0 unspecified atom stereocenters. The molecule has 0 bridgehead atoms. The molecule has 110 valence electrons. The first-order valence-corrected chi connectivity index (χ1v) is 7.14. The Balaban J connectivity index is 2.64. The summed E-state index contributed by atoms with van der Waals surface area (Å²) in [5.41, 5.74) is 9.15. The number of rotatable bonds is 3. The molecule has 5 heteroatoms. The molecule has 2 N–H and O–H groups in total. The van der Waals surface area contributed by atoms with Crippen LogP contribution in [0.3, 0.4) is 0 Å². The first kappa shape index (κ1) is 14.6. The van der Waals surface area contributed by atoms with E-state index in [0.29, 0.717) is 0 Å². The molecule has 0 radical (unpaired) electrons. The van der Waals surface area contributed by atoms with Crippen LogP contribution in [0.15, 0.2) is 6.20 Å². The molecule has 0 aliphatic heterocycles. The Morgan fingerprint density at radius 1 is 1.30 bits per heavy atom. The minimum atomic E-state index is -0.0735. The largest absolute Gasteiger partial charge is 0.383 e. The Morgan fingerprint density at radius 2 is 1.95 bits per heavy atom. The fourth-order valence-electron chi connectivity index (χ4n) is 2.65. The van der Waals surface area contributed by atoms with Crippen molar-refractivity contribution in [3.8, 4) is 11.3 Å². The lowest BCUT2D eigenvalue weighted by atomic mass is 10.1. The molecule has 0 amide bonds. The third kappa shape index (κ3) is 2.44. The van der Waals surface area contributed by atoms with Crippen molar-refractivity contribution in [3.63, 3.8) is 0 Å². The zero-order valence-corrected chi connectivity index (χ0v) is 13.4. The molecule has 0 aliphatic rings. The van der Waals surface area contributed by atoms with Gasteiger partial charge < -0.3 is 10.3 Å². The number of aromatic nitrogens is 4. The average molecular weight is 275 g/mol. The summed E-state index contributed by atoms with van der Waals surface area (Å²) in [6, 6.07) is 0. The second kappa shape index (κ2) is 4.96. The predicted octanol–water partition coefficient (Wildman–Crippen LogP) is 2.88. The number of imidazole rings is 1. The number of anilines is 1. The third-order valence-electron chi connectivity index (χ3n) is 3.40. The van der Waals surface area contributed by atoms with E-state index in [1.807, 2.05) is 20.2 Å². The molecule has 5 nitrogen and oxygen atoms in total. The van der Waals surface area contributed by atoms with E-state index in [0.717, 1.165) is 41.4 Å². The van der Waals surface area contributed by atoms with Crippen molar-refractivity contribution in [2.75, 3.05) is 5.73 Å². The molecule has 2 aromatic rings. The maximum absolute atomic E-state index is 6.39. The standard InChI is InChI=1S/C15H25N5/c1-7-8-12-17-13(11-9-19(6)18-10(11)2)14(16)20(12)15(3,4)5/h9H,7-8,16H2,1-6H3. The fourth-order valence-corrected chi connectivity index (χ4v) is 2.65. The van der Waals surface area contributed by atoms with Crippen molar-refractivity contribution < 1.29 is 0 Å². The molecular formula is C15H25N5. The summed E-state index contributed by atoms with van der Waals surface area (Å²) in [6.45, 7) is 10.6. The fraction of sp³-hybridized carbons (Fsp3) is 0.600. The number of nitrogen functional groups attached to an aromatic ring is 1. The van der Waals surface area contributed by atoms with Gasteiger partial charge in [-0.2, -0.15) is 5.10 Å². The molecule has 0 aromatic carbocycles. The van der Waals surface area contributed by atoms with Gasteiger partial charge in [-0.05, 0) is 34.1 Å². The summed E-state index contributed by atoms with van der Waals surface area (Å²) >= 11 is 0. The van der Waals surface area contributed by atoms with Gasteiger partial charge in [-0.1, -0.05) is 6.92 Å². The van der Waals surface area contributed by atoms with E-state index >= 15 is 0 Å². The lowest BCUT2D eigenvalue weighted by Gasteiger charge is -2.25. The van der Waals surface area contributed by atoms with Gasteiger partial charge in [0.1, 0.15) is 17.3 Å². The average Bonchev–Trinajstić information content (AvgIpc) is 2.78. The maximum atomic E-state index is 6.39. The third-order valence-corrected chi connectivity index (χ3v) is 3.40. The van der Waals surface area contributed by atoms with Crippen LogP contribution in [-0.2, 0) is 19.0 Å². The Labute approximate surface area is 120 Å². The Morgan fingerprint density at radius 3 is 2.40 bits per heavy atom. The normalized spacial score (nSPS) is 12.1. The van der Waals surface area contributed by atoms with Crippen LogP contribution in [0.2, 0.25) is 0 Å². The molecule has 2 aromatic heterocycles. The highest BCUT2D eigenvalue weighted by molar-refractivity contribution is 5.72. The Kier molecular flexibility index (Phi) is 3.63. The molecule has 0 spiro atoms. The molecule has 0 saturated carbocycles. The monoisotopic (exact) mass is 275 g/mol. The van der Waals surface area contributed by atoms with E-state index in [2.05, 4.69) is 37.4 Å². The van der Waals surface area contributed by atoms with Gasteiger partial charge in [-0.25, -0.2) is 4.98 Å². The van der Waals surface area contributed by atoms with Crippen molar-refractivity contribution in [1.29, 1.82) is 0 Å². The molecule has 2 heterocycles. The van der Waals surface area contributed by atoms with E-state index < -0.39 is 0 Å². The van der Waals surface area contributed by atoms with Gasteiger partial charge in [-0.15, -0.1) is 0 Å². The summed E-state index contributed by atoms with van der Waals surface area (Å²) in [5, 5.41) is 4.39. The van der Waals surface area contributed by atoms with Crippen LogP contribution < -0.4 is 5.73 Å². The van der Waals surface area contributed by atoms with Gasteiger partial charge in [0.25, 0.3) is 0 Å². The molecule has 0 aliphatic carbocycles. The van der Waals surface area contributed by atoms with Gasteiger partial charge in [0.05, 0.1) is 5.69 Å². The molecule has 20 heavy (non-hydrogen) atoms. The summed E-state index contributed by atoms with van der Waals surface area (Å²) < 4.78 is 3.96. The minimum absolute atomic E-state index is 0.0735. The van der Waals surface area contributed by atoms with E-state index in [1.54, 1.807) is 4.68 Å². The highest BCUT2D eigenvalue weighted by atomic mass is 15.3. The Hall–Kier alpha value is -1.78. The van der Waals surface area contributed by atoms with Crippen LogP contribution in [0, 0.1) is 6.92 Å². The van der Waals surface area contributed by atoms with Crippen molar-refractivity contribution >= 4 is 5.82 Å². The zero-order chi connectivity index (χ0) is 15.1. The van der Waals surface area contributed by atoms with Gasteiger partial charge in [-0.3, -0.25) is 4.68 Å². The van der Waals surface area contributed by atoms with Gasteiger partial charge in [0.15, 0.2) is 0 Å².